The Bertz CT molecular complexity index is 1260. The van der Waals surface area contributed by atoms with Crippen molar-refractivity contribution in [2.45, 2.75) is 31.2 Å². The number of hydrogen-bond donors (Lipinski definition) is 2. The van der Waals surface area contributed by atoms with Crippen molar-refractivity contribution < 1.29 is 23.2 Å². The van der Waals surface area contributed by atoms with Crippen LogP contribution in [0.2, 0.25) is 0 Å². The van der Waals surface area contributed by atoms with Crippen molar-refractivity contribution in [3.63, 3.8) is 0 Å². The van der Waals surface area contributed by atoms with E-state index in [0.717, 1.165) is 5.56 Å². The van der Waals surface area contributed by atoms with Crippen LogP contribution < -0.4 is 14.5 Å². The van der Waals surface area contributed by atoms with Crippen molar-refractivity contribution in [3.8, 4) is 5.75 Å². The molecule has 1 heterocycles. The predicted molar refractivity (Wildman–Crippen MR) is 130 cm³/mol. The Morgan fingerprint density at radius 2 is 1.82 bits per heavy atom. The average Bonchev–Trinajstić information content (AvgIpc) is 2.84. The molecule has 2 N–H and O–H groups in total. The molecule has 9 heteroatoms. The van der Waals surface area contributed by atoms with Gasteiger partial charge in [-0.05, 0) is 67.4 Å². The molecule has 0 spiro atoms. The van der Waals surface area contributed by atoms with Crippen LogP contribution in [0.5, 0.6) is 5.75 Å². The molecule has 1 amide bonds. The summed E-state index contributed by atoms with van der Waals surface area (Å²) < 4.78 is 33.6. The number of benzene rings is 2. The summed E-state index contributed by atoms with van der Waals surface area (Å²) in [6.07, 6.45) is 4.89. The molecule has 34 heavy (non-hydrogen) atoms. The van der Waals surface area contributed by atoms with Gasteiger partial charge in [-0.2, -0.15) is 0 Å². The maximum atomic E-state index is 13.6. The minimum absolute atomic E-state index is 0.0665. The second-order valence-electron chi connectivity index (χ2n) is 7.72. The Hall–Kier alpha value is -3.69. The van der Waals surface area contributed by atoms with Gasteiger partial charge in [-0.3, -0.25) is 19.3 Å². The van der Waals surface area contributed by atoms with Gasteiger partial charge < -0.3 is 4.74 Å². The Kier molecular flexibility index (Phi) is 8.04. The number of nitrogens with one attached hydrogen (secondary N) is 1. The lowest BCUT2D eigenvalue weighted by molar-refractivity contribution is -0.128. The third kappa shape index (κ3) is 5.62. The van der Waals surface area contributed by atoms with E-state index < -0.39 is 15.9 Å². The lowest BCUT2D eigenvalue weighted by Crippen LogP contribution is -2.37. The van der Waals surface area contributed by atoms with Crippen LogP contribution in [0.3, 0.4) is 0 Å². The molecule has 3 rings (SSSR count). The largest absolute Gasteiger partial charge is 0.497 e. The number of rotatable bonds is 9. The number of pyridine rings is 1. The molecule has 0 saturated carbocycles. The minimum atomic E-state index is -3.87. The zero-order chi connectivity index (χ0) is 24.7. The average molecular weight is 482 g/mol. The fourth-order valence-electron chi connectivity index (χ4n) is 3.55. The van der Waals surface area contributed by atoms with Crippen molar-refractivity contribution in [2.24, 2.45) is 0 Å². The molecule has 0 fully saturated rings. The van der Waals surface area contributed by atoms with Crippen LogP contribution in [-0.4, -0.2) is 37.7 Å². The highest BCUT2D eigenvalue weighted by molar-refractivity contribution is 7.92. The molecule has 1 aromatic heterocycles. The molecule has 0 aliphatic carbocycles. The van der Waals surface area contributed by atoms with Gasteiger partial charge in [0, 0.05) is 30.4 Å². The molecule has 0 aliphatic rings. The Morgan fingerprint density at radius 1 is 1.12 bits per heavy atom. The molecular weight excluding hydrogens is 454 g/mol. The van der Waals surface area contributed by atoms with Crippen LogP contribution in [-0.2, 0) is 14.8 Å². The third-order valence-corrected chi connectivity index (χ3v) is 7.10. The summed E-state index contributed by atoms with van der Waals surface area (Å²) in [5.41, 5.74) is 4.23. The predicted octanol–water partition coefficient (Wildman–Crippen LogP) is 4.02. The molecule has 0 saturated heterocycles. The third-order valence-electron chi connectivity index (χ3n) is 5.09. The van der Waals surface area contributed by atoms with Gasteiger partial charge in [0.15, 0.2) is 0 Å². The van der Waals surface area contributed by atoms with E-state index in [1.807, 2.05) is 12.1 Å². The monoisotopic (exact) mass is 481 g/mol. The summed E-state index contributed by atoms with van der Waals surface area (Å²) in [6.45, 7) is 3.61. The zero-order valence-electron chi connectivity index (χ0n) is 19.2. The van der Waals surface area contributed by atoms with Gasteiger partial charge in [-0.15, -0.1) is 0 Å². The highest BCUT2D eigenvalue weighted by Crippen LogP contribution is 2.31. The normalized spacial score (nSPS) is 11.9. The van der Waals surface area contributed by atoms with E-state index in [1.54, 1.807) is 74.2 Å². The van der Waals surface area contributed by atoms with E-state index in [2.05, 4.69) is 4.98 Å². The maximum absolute atomic E-state index is 13.6. The minimum Gasteiger partial charge on any atom is -0.497 e. The summed E-state index contributed by atoms with van der Waals surface area (Å²) in [5, 5.41) is 8.88. The summed E-state index contributed by atoms with van der Waals surface area (Å²) in [5.74, 6) is -0.00125. The summed E-state index contributed by atoms with van der Waals surface area (Å²) in [4.78, 5) is 16.0. The highest BCUT2D eigenvalue weighted by Gasteiger charge is 2.28. The fraction of sp³-hybridized carbons (Fsp3) is 0.200. The number of carbonyl (C=O) groups is 1. The summed E-state index contributed by atoms with van der Waals surface area (Å²) in [7, 11) is -2.35. The quantitative estimate of drug-likeness (QED) is 0.353. The highest BCUT2D eigenvalue weighted by atomic mass is 32.2. The van der Waals surface area contributed by atoms with E-state index in [4.69, 9.17) is 9.94 Å². The summed E-state index contributed by atoms with van der Waals surface area (Å²) in [6, 6.07) is 16.6. The van der Waals surface area contributed by atoms with Gasteiger partial charge in [0.25, 0.3) is 10.0 Å². The Labute approximate surface area is 199 Å². The van der Waals surface area contributed by atoms with Crippen molar-refractivity contribution in [2.75, 3.05) is 11.4 Å². The first-order chi connectivity index (χ1) is 16.3. The van der Waals surface area contributed by atoms with Gasteiger partial charge in [-0.1, -0.05) is 24.3 Å². The van der Waals surface area contributed by atoms with Crippen LogP contribution in [0.4, 0.5) is 5.69 Å². The second-order valence-corrected chi connectivity index (χ2v) is 9.53. The molecule has 3 aromatic rings. The molecule has 0 bridgehead atoms. The number of anilines is 1. The number of aromatic nitrogens is 1. The number of carbonyl (C=O) groups excluding carboxylic acids is 1. The lowest BCUT2D eigenvalue weighted by atomic mass is 9.97. The van der Waals surface area contributed by atoms with Crippen LogP contribution in [0, 0.1) is 0 Å². The topological polar surface area (TPSA) is 109 Å². The molecule has 178 valence electrons. The van der Waals surface area contributed by atoms with Crippen LogP contribution in [0.1, 0.15) is 31.4 Å². The smallest absolute Gasteiger partial charge is 0.264 e. The van der Waals surface area contributed by atoms with Gasteiger partial charge in [0.1, 0.15) is 5.75 Å². The first-order valence-electron chi connectivity index (χ1n) is 10.6. The first-order valence-corrected chi connectivity index (χ1v) is 12.0. The van der Waals surface area contributed by atoms with E-state index in [-0.39, 0.29) is 17.4 Å². The summed E-state index contributed by atoms with van der Waals surface area (Å²) >= 11 is 0. The number of hydroxylamine groups is 1. The van der Waals surface area contributed by atoms with Gasteiger partial charge >= 0.3 is 0 Å². The standard InChI is InChI=1S/C25H27N3O5S/c1-18(2)28(34(31,32)23-11-9-22(33-3)10-12-23)21-8-4-6-19(16-21)24(13-14-25(29)27-30)20-7-5-15-26-17-20/h4-13,15-18,30H,14H2,1-3H3,(H,27,29)/b24-13+. The number of ether oxygens (including phenoxy) is 1. The molecule has 0 radical (unpaired) electrons. The van der Waals surface area contributed by atoms with Gasteiger partial charge in [-0.25, -0.2) is 13.9 Å². The van der Waals surface area contributed by atoms with Crippen molar-refractivity contribution in [1.29, 1.82) is 0 Å². The molecule has 8 nitrogen and oxygen atoms in total. The van der Waals surface area contributed by atoms with E-state index in [9.17, 15) is 13.2 Å². The zero-order valence-corrected chi connectivity index (χ0v) is 20.0. The Balaban J connectivity index is 2.08. The van der Waals surface area contributed by atoms with Crippen molar-refractivity contribution in [1.82, 2.24) is 10.5 Å². The SMILES string of the molecule is COc1ccc(S(=O)(=O)N(c2cccc(/C(=C\CC(=O)NO)c3cccnc3)c2)C(C)C)cc1. The van der Waals surface area contributed by atoms with Crippen molar-refractivity contribution >= 4 is 27.2 Å². The number of nitrogens with zero attached hydrogens (tertiary/aromatic N) is 2. The lowest BCUT2D eigenvalue weighted by Gasteiger charge is -2.29. The van der Waals surface area contributed by atoms with E-state index >= 15 is 0 Å². The molecule has 0 unspecified atom stereocenters. The molecule has 0 atom stereocenters. The van der Waals surface area contributed by atoms with Crippen LogP contribution >= 0.6 is 0 Å². The Morgan fingerprint density at radius 3 is 2.41 bits per heavy atom. The number of methoxy groups -OCH3 is 1. The van der Waals surface area contributed by atoms with Gasteiger partial charge in [0.05, 0.1) is 17.7 Å². The molecule has 0 aliphatic heterocycles. The number of sulfonamides is 1. The molecule has 2 aromatic carbocycles. The van der Waals surface area contributed by atoms with Gasteiger partial charge in [0.2, 0.25) is 5.91 Å². The van der Waals surface area contributed by atoms with Crippen LogP contribution in [0.15, 0.2) is 84.0 Å². The van der Waals surface area contributed by atoms with Crippen LogP contribution in [0.25, 0.3) is 5.57 Å². The number of amides is 1. The van der Waals surface area contributed by atoms with E-state index in [0.29, 0.717) is 22.6 Å². The second kappa shape index (κ2) is 11.0. The van der Waals surface area contributed by atoms with Crippen molar-refractivity contribution in [3.05, 3.63) is 90.3 Å². The van der Waals surface area contributed by atoms with E-state index in [1.165, 1.54) is 23.5 Å². The maximum Gasteiger partial charge on any atom is 0.264 e. The fourth-order valence-corrected chi connectivity index (χ4v) is 5.20. The molecular formula is C25H27N3O5S. The number of hydrogen-bond acceptors (Lipinski definition) is 6. The first kappa shape index (κ1) is 24.9.